The lowest BCUT2D eigenvalue weighted by Crippen LogP contribution is -2.24. The van der Waals surface area contributed by atoms with Crippen LogP contribution in [0.15, 0.2) is 36.9 Å². The van der Waals surface area contributed by atoms with Gasteiger partial charge in [-0.05, 0) is 62.3 Å². The van der Waals surface area contributed by atoms with Gasteiger partial charge < -0.3 is 9.84 Å². The van der Waals surface area contributed by atoms with Gasteiger partial charge in [-0.25, -0.2) is 4.79 Å². The van der Waals surface area contributed by atoms with Gasteiger partial charge in [0.1, 0.15) is 11.4 Å². The second-order valence-corrected chi connectivity index (χ2v) is 9.89. The van der Waals surface area contributed by atoms with Crippen molar-refractivity contribution in [2.45, 2.75) is 72.8 Å². The number of phenols is 1. The minimum absolute atomic E-state index is 0.166. The van der Waals surface area contributed by atoms with E-state index in [0.29, 0.717) is 17.7 Å². The molecule has 2 rings (SSSR count). The highest BCUT2D eigenvalue weighted by molar-refractivity contribution is 6.16. The number of benzene rings is 2. The molecule has 0 aliphatic heterocycles. The van der Waals surface area contributed by atoms with Gasteiger partial charge in [0.05, 0.1) is 5.57 Å². The monoisotopic (exact) mass is 394 g/mol. The summed E-state index contributed by atoms with van der Waals surface area (Å²) in [6, 6.07) is 9.96. The molecular weight excluding hydrogens is 360 g/mol. The number of hydrogen-bond acceptors (Lipinski definition) is 3. The Hall–Kier alpha value is -2.55. The maximum atomic E-state index is 12.6. The zero-order valence-corrected chi connectivity index (χ0v) is 19.1. The molecule has 0 heterocycles. The highest BCUT2D eigenvalue weighted by Gasteiger charge is 2.24. The van der Waals surface area contributed by atoms with E-state index in [1.165, 1.54) is 0 Å². The van der Waals surface area contributed by atoms with Crippen LogP contribution in [0.3, 0.4) is 0 Å². The number of carbonyl (C=O) groups is 1. The Balaban J connectivity index is 2.50. The standard InChI is InChI=1S/C26H34O3/c1-16-10-11-21(18(3)24(28)29-26(7,8)9)19(12-16)15-20-13-17(2)14-22(23(20)27)25(4,5)6/h10-14,27H,3,15H2,1-2,4-9H3. The van der Waals surface area contributed by atoms with Crippen molar-refractivity contribution in [2.75, 3.05) is 0 Å². The van der Waals surface area contributed by atoms with Crippen LogP contribution in [0.4, 0.5) is 0 Å². The molecule has 0 spiro atoms. The molecule has 0 atom stereocenters. The summed E-state index contributed by atoms with van der Waals surface area (Å²) >= 11 is 0. The molecule has 0 bridgehead atoms. The van der Waals surface area contributed by atoms with Crippen LogP contribution in [0.25, 0.3) is 5.57 Å². The van der Waals surface area contributed by atoms with Crippen LogP contribution in [0.5, 0.6) is 5.75 Å². The van der Waals surface area contributed by atoms with Crippen molar-refractivity contribution >= 4 is 11.5 Å². The smallest absolute Gasteiger partial charge is 0.338 e. The van der Waals surface area contributed by atoms with Crippen LogP contribution >= 0.6 is 0 Å². The topological polar surface area (TPSA) is 46.5 Å². The summed E-state index contributed by atoms with van der Waals surface area (Å²) in [6.07, 6.45) is 0.509. The number of hydrogen-bond donors (Lipinski definition) is 1. The molecule has 0 aliphatic rings. The second-order valence-electron chi connectivity index (χ2n) is 9.89. The minimum atomic E-state index is -0.582. The molecule has 0 saturated heterocycles. The molecule has 0 fully saturated rings. The Morgan fingerprint density at radius 3 is 2.10 bits per heavy atom. The zero-order valence-electron chi connectivity index (χ0n) is 19.1. The Morgan fingerprint density at radius 2 is 1.55 bits per heavy atom. The second kappa shape index (κ2) is 8.06. The molecule has 3 heteroatoms. The molecule has 2 aromatic rings. The Bertz CT molecular complexity index is 938. The molecule has 29 heavy (non-hydrogen) atoms. The molecule has 1 N–H and O–H groups in total. The zero-order chi connectivity index (χ0) is 22.1. The molecule has 0 amide bonds. The van der Waals surface area contributed by atoms with Crippen molar-refractivity contribution in [2.24, 2.45) is 0 Å². The van der Waals surface area contributed by atoms with Crippen molar-refractivity contribution in [3.05, 3.63) is 70.3 Å². The van der Waals surface area contributed by atoms with Gasteiger partial charge in [0.25, 0.3) is 0 Å². The number of esters is 1. The number of aryl methyl sites for hydroxylation is 2. The van der Waals surface area contributed by atoms with Gasteiger partial charge in [-0.3, -0.25) is 0 Å². The van der Waals surface area contributed by atoms with Crippen molar-refractivity contribution < 1.29 is 14.6 Å². The fourth-order valence-corrected chi connectivity index (χ4v) is 3.38. The van der Waals surface area contributed by atoms with Gasteiger partial charge >= 0.3 is 5.97 Å². The Kier molecular flexibility index (Phi) is 6.32. The first-order valence-electron chi connectivity index (χ1n) is 10.0. The van der Waals surface area contributed by atoms with E-state index in [1.807, 2.05) is 65.0 Å². The third-order valence-electron chi connectivity index (χ3n) is 4.75. The lowest BCUT2D eigenvalue weighted by molar-refractivity contribution is -0.147. The highest BCUT2D eigenvalue weighted by Crippen LogP contribution is 2.36. The average molecular weight is 395 g/mol. The van der Waals surface area contributed by atoms with E-state index >= 15 is 0 Å². The summed E-state index contributed by atoms with van der Waals surface area (Å²) in [5.74, 6) is -0.107. The van der Waals surface area contributed by atoms with Crippen molar-refractivity contribution in [3.8, 4) is 5.75 Å². The minimum Gasteiger partial charge on any atom is -0.507 e. The van der Waals surface area contributed by atoms with E-state index in [9.17, 15) is 9.90 Å². The molecule has 3 nitrogen and oxygen atoms in total. The summed E-state index contributed by atoms with van der Waals surface area (Å²) in [5.41, 5.74) is 5.24. The first-order chi connectivity index (χ1) is 13.2. The third kappa shape index (κ3) is 5.72. The van der Waals surface area contributed by atoms with E-state index < -0.39 is 11.6 Å². The van der Waals surface area contributed by atoms with Gasteiger partial charge in [0.2, 0.25) is 0 Å². The predicted octanol–water partition coefficient (Wildman–Crippen LogP) is 6.25. The van der Waals surface area contributed by atoms with Crippen molar-refractivity contribution in [1.29, 1.82) is 0 Å². The maximum absolute atomic E-state index is 12.6. The largest absolute Gasteiger partial charge is 0.507 e. The lowest BCUT2D eigenvalue weighted by atomic mass is 9.83. The van der Waals surface area contributed by atoms with Crippen LogP contribution in [-0.2, 0) is 21.4 Å². The third-order valence-corrected chi connectivity index (χ3v) is 4.75. The number of rotatable bonds is 4. The van der Waals surface area contributed by atoms with Crippen LogP contribution in [0.2, 0.25) is 0 Å². The number of ether oxygens (including phenoxy) is 1. The lowest BCUT2D eigenvalue weighted by Gasteiger charge is -2.24. The molecule has 0 unspecified atom stereocenters. The average Bonchev–Trinajstić information content (AvgIpc) is 2.55. The van der Waals surface area contributed by atoms with E-state index in [-0.39, 0.29) is 5.41 Å². The van der Waals surface area contributed by atoms with E-state index in [2.05, 4.69) is 27.4 Å². The SMILES string of the molecule is C=C(C(=O)OC(C)(C)C)c1ccc(C)cc1Cc1cc(C)cc(C(C)(C)C)c1O. The van der Waals surface area contributed by atoms with Gasteiger partial charge in [0, 0.05) is 6.42 Å². The molecule has 0 aromatic heterocycles. The fraction of sp³-hybridized carbons (Fsp3) is 0.423. The Labute approximate surface area is 175 Å². The first-order valence-corrected chi connectivity index (χ1v) is 10.0. The highest BCUT2D eigenvalue weighted by atomic mass is 16.6. The van der Waals surface area contributed by atoms with Gasteiger partial charge in [-0.15, -0.1) is 0 Å². The van der Waals surface area contributed by atoms with Crippen LogP contribution in [0, 0.1) is 13.8 Å². The first kappa shape index (κ1) is 22.7. The van der Waals surface area contributed by atoms with Crippen LogP contribution in [-0.4, -0.2) is 16.7 Å². The molecule has 0 aliphatic carbocycles. The van der Waals surface area contributed by atoms with Crippen molar-refractivity contribution in [1.82, 2.24) is 0 Å². The molecule has 0 radical (unpaired) electrons. The normalized spacial score (nSPS) is 12.0. The van der Waals surface area contributed by atoms with Crippen LogP contribution in [0.1, 0.15) is 74.9 Å². The predicted molar refractivity (Wildman–Crippen MR) is 120 cm³/mol. The maximum Gasteiger partial charge on any atom is 0.338 e. The van der Waals surface area contributed by atoms with E-state index in [4.69, 9.17) is 4.74 Å². The van der Waals surface area contributed by atoms with E-state index in [0.717, 1.165) is 33.4 Å². The molecular formula is C26H34O3. The quantitative estimate of drug-likeness (QED) is 0.492. The van der Waals surface area contributed by atoms with Gasteiger partial charge in [-0.2, -0.15) is 0 Å². The summed E-state index contributed by atoms with van der Waals surface area (Å²) < 4.78 is 5.51. The number of aromatic hydroxyl groups is 1. The Morgan fingerprint density at radius 1 is 0.966 bits per heavy atom. The van der Waals surface area contributed by atoms with Gasteiger partial charge in [-0.1, -0.05) is 68.8 Å². The summed E-state index contributed by atoms with van der Waals surface area (Å²) in [4.78, 5) is 12.6. The number of phenolic OH excluding ortho intramolecular Hbond substituents is 1. The summed E-state index contributed by atoms with van der Waals surface area (Å²) in [6.45, 7) is 19.8. The van der Waals surface area contributed by atoms with Crippen LogP contribution < -0.4 is 0 Å². The number of carbonyl (C=O) groups excluding carboxylic acids is 1. The molecule has 2 aromatic carbocycles. The van der Waals surface area contributed by atoms with Gasteiger partial charge in [0.15, 0.2) is 0 Å². The van der Waals surface area contributed by atoms with E-state index in [1.54, 1.807) is 0 Å². The summed E-state index contributed by atoms with van der Waals surface area (Å²) in [5, 5.41) is 11.0. The fourth-order valence-electron chi connectivity index (χ4n) is 3.38. The molecule has 0 saturated carbocycles. The van der Waals surface area contributed by atoms with Crippen molar-refractivity contribution in [3.63, 3.8) is 0 Å². The molecule has 156 valence electrons. The summed E-state index contributed by atoms with van der Waals surface area (Å²) in [7, 11) is 0.